The van der Waals surface area contributed by atoms with Gasteiger partial charge in [0.25, 0.3) is 0 Å². The van der Waals surface area contributed by atoms with E-state index in [-0.39, 0.29) is 29.6 Å². The van der Waals surface area contributed by atoms with Crippen LogP contribution in [0.25, 0.3) is 0 Å². The van der Waals surface area contributed by atoms with Gasteiger partial charge in [-0.15, -0.1) is 0 Å². The smallest absolute Gasteiger partial charge is 0.237 e. The van der Waals surface area contributed by atoms with Gasteiger partial charge in [-0.05, 0) is 37.5 Å². The van der Waals surface area contributed by atoms with E-state index in [0.29, 0.717) is 18.7 Å². The molecule has 2 heterocycles. The standard InChI is InChI=1S/C19H28FN3O3S/c1-15(19(24)21-8-6-16-2-4-17(20)5-3-16)22-9-11-23(12-10-22)18-7-13-27(25,26)14-18/h2-5,15,18H,6-14H2,1H3,(H,21,24)/t15-,18+/m0/s1. The molecule has 150 valence electrons. The summed E-state index contributed by atoms with van der Waals surface area (Å²) in [6, 6.07) is 6.23. The number of hydrogen-bond donors (Lipinski definition) is 1. The Hall–Kier alpha value is -1.51. The third-order valence-corrected chi connectivity index (χ3v) is 7.38. The lowest BCUT2D eigenvalue weighted by molar-refractivity contribution is -0.126. The minimum absolute atomic E-state index is 0.00555. The second-order valence-electron chi connectivity index (χ2n) is 7.47. The van der Waals surface area contributed by atoms with E-state index >= 15 is 0 Å². The Morgan fingerprint density at radius 3 is 2.48 bits per heavy atom. The highest BCUT2D eigenvalue weighted by atomic mass is 32.2. The summed E-state index contributed by atoms with van der Waals surface area (Å²) in [7, 11) is -2.86. The van der Waals surface area contributed by atoms with Gasteiger partial charge in [0.05, 0.1) is 17.5 Å². The number of piperazine rings is 1. The lowest BCUT2D eigenvalue weighted by Crippen LogP contribution is -2.56. The highest BCUT2D eigenvalue weighted by Gasteiger charge is 2.34. The zero-order valence-corrected chi connectivity index (χ0v) is 16.5. The zero-order valence-electron chi connectivity index (χ0n) is 15.7. The van der Waals surface area contributed by atoms with E-state index in [9.17, 15) is 17.6 Å². The van der Waals surface area contributed by atoms with Gasteiger partial charge in [0.1, 0.15) is 5.82 Å². The van der Waals surface area contributed by atoms with Gasteiger partial charge in [-0.2, -0.15) is 0 Å². The maximum Gasteiger partial charge on any atom is 0.237 e. The molecule has 6 nitrogen and oxygen atoms in total. The molecule has 2 atom stereocenters. The molecular formula is C19H28FN3O3S. The lowest BCUT2D eigenvalue weighted by atomic mass is 10.1. The molecule has 2 aliphatic heterocycles. The number of carbonyl (C=O) groups excluding carboxylic acids is 1. The minimum Gasteiger partial charge on any atom is -0.354 e. The molecule has 2 fully saturated rings. The molecule has 0 spiro atoms. The molecule has 0 bridgehead atoms. The van der Waals surface area contributed by atoms with Crippen molar-refractivity contribution in [3.05, 3.63) is 35.6 Å². The molecule has 0 radical (unpaired) electrons. The Morgan fingerprint density at radius 2 is 1.89 bits per heavy atom. The number of halogens is 1. The van der Waals surface area contributed by atoms with Crippen molar-refractivity contribution < 1.29 is 17.6 Å². The second-order valence-corrected chi connectivity index (χ2v) is 9.70. The van der Waals surface area contributed by atoms with Crippen LogP contribution in [0, 0.1) is 5.82 Å². The summed E-state index contributed by atoms with van der Waals surface area (Å²) >= 11 is 0. The molecule has 1 aromatic rings. The average Bonchev–Trinajstić information content (AvgIpc) is 3.02. The number of hydrogen-bond acceptors (Lipinski definition) is 5. The third-order valence-electron chi connectivity index (χ3n) is 5.63. The molecule has 8 heteroatoms. The van der Waals surface area contributed by atoms with Gasteiger partial charge in [0, 0.05) is 38.8 Å². The molecule has 3 rings (SSSR count). The largest absolute Gasteiger partial charge is 0.354 e. The fourth-order valence-electron chi connectivity index (χ4n) is 3.85. The predicted molar refractivity (Wildman–Crippen MR) is 103 cm³/mol. The molecule has 0 unspecified atom stereocenters. The van der Waals surface area contributed by atoms with Crippen LogP contribution in [0.2, 0.25) is 0 Å². The van der Waals surface area contributed by atoms with Crippen LogP contribution in [0.1, 0.15) is 18.9 Å². The van der Waals surface area contributed by atoms with Crippen molar-refractivity contribution >= 4 is 15.7 Å². The van der Waals surface area contributed by atoms with E-state index in [1.54, 1.807) is 12.1 Å². The second kappa shape index (κ2) is 8.67. The fourth-order valence-corrected chi connectivity index (χ4v) is 5.61. The number of nitrogens with zero attached hydrogens (tertiary/aromatic N) is 2. The summed E-state index contributed by atoms with van der Waals surface area (Å²) in [5.41, 5.74) is 0.990. The first-order valence-electron chi connectivity index (χ1n) is 9.55. The number of rotatable bonds is 6. The van der Waals surface area contributed by atoms with Crippen LogP contribution < -0.4 is 5.32 Å². The Morgan fingerprint density at radius 1 is 1.22 bits per heavy atom. The van der Waals surface area contributed by atoms with E-state index in [0.717, 1.165) is 38.2 Å². The van der Waals surface area contributed by atoms with Crippen LogP contribution in [0.15, 0.2) is 24.3 Å². The zero-order chi connectivity index (χ0) is 19.4. The third kappa shape index (κ3) is 5.49. The summed E-state index contributed by atoms with van der Waals surface area (Å²) in [5, 5.41) is 2.95. The molecule has 2 saturated heterocycles. The van der Waals surface area contributed by atoms with Gasteiger partial charge in [0.2, 0.25) is 5.91 Å². The molecular weight excluding hydrogens is 369 g/mol. The van der Waals surface area contributed by atoms with E-state index < -0.39 is 9.84 Å². The first-order valence-corrected chi connectivity index (χ1v) is 11.4. The molecule has 2 aliphatic rings. The van der Waals surface area contributed by atoms with Crippen molar-refractivity contribution in [2.24, 2.45) is 0 Å². The first-order chi connectivity index (χ1) is 12.8. The molecule has 1 amide bonds. The average molecular weight is 398 g/mol. The highest BCUT2D eigenvalue weighted by molar-refractivity contribution is 7.91. The molecule has 27 heavy (non-hydrogen) atoms. The summed E-state index contributed by atoms with van der Waals surface area (Å²) in [5.74, 6) is 0.303. The van der Waals surface area contributed by atoms with Crippen molar-refractivity contribution in [2.45, 2.75) is 31.8 Å². The summed E-state index contributed by atoms with van der Waals surface area (Å²) < 4.78 is 36.2. The van der Waals surface area contributed by atoms with Crippen LogP contribution in [-0.2, 0) is 21.1 Å². The Labute approximate surface area is 160 Å². The maximum absolute atomic E-state index is 12.9. The van der Waals surface area contributed by atoms with E-state index in [2.05, 4.69) is 15.1 Å². The monoisotopic (exact) mass is 397 g/mol. The van der Waals surface area contributed by atoms with Gasteiger partial charge >= 0.3 is 0 Å². The van der Waals surface area contributed by atoms with Gasteiger partial charge in [-0.3, -0.25) is 14.6 Å². The number of carbonyl (C=O) groups is 1. The Kier molecular flexibility index (Phi) is 6.49. The van der Waals surface area contributed by atoms with E-state index in [1.165, 1.54) is 12.1 Å². The van der Waals surface area contributed by atoms with Crippen molar-refractivity contribution in [1.82, 2.24) is 15.1 Å². The van der Waals surface area contributed by atoms with E-state index in [1.807, 2.05) is 6.92 Å². The van der Waals surface area contributed by atoms with Crippen molar-refractivity contribution in [3.8, 4) is 0 Å². The summed E-state index contributed by atoms with van der Waals surface area (Å²) in [6.07, 6.45) is 1.39. The Bertz CT molecular complexity index is 746. The van der Waals surface area contributed by atoms with Crippen LogP contribution in [0.3, 0.4) is 0 Å². The number of benzene rings is 1. The lowest BCUT2D eigenvalue weighted by Gasteiger charge is -2.39. The minimum atomic E-state index is -2.86. The molecule has 0 aromatic heterocycles. The van der Waals surface area contributed by atoms with Gasteiger partial charge in [0.15, 0.2) is 9.84 Å². The molecule has 0 saturated carbocycles. The highest BCUT2D eigenvalue weighted by Crippen LogP contribution is 2.19. The number of sulfone groups is 1. The topological polar surface area (TPSA) is 69.7 Å². The summed E-state index contributed by atoms with van der Waals surface area (Å²) in [6.45, 7) is 5.56. The number of nitrogens with one attached hydrogen (secondary N) is 1. The van der Waals surface area contributed by atoms with Crippen molar-refractivity contribution in [1.29, 1.82) is 0 Å². The molecule has 0 aliphatic carbocycles. The van der Waals surface area contributed by atoms with Crippen molar-refractivity contribution in [3.63, 3.8) is 0 Å². The quantitative estimate of drug-likeness (QED) is 0.764. The molecule has 1 N–H and O–H groups in total. The van der Waals surface area contributed by atoms with Gasteiger partial charge in [-0.1, -0.05) is 12.1 Å². The van der Waals surface area contributed by atoms with E-state index in [4.69, 9.17) is 0 Å². The summed E-state index contributed by atoms with van der Waals surface area (Å²) in [4.78, 5) is 16.8. The maximum atomic E-state index is 12.9. The van der Waals surface area contributed by atoms with Crippen LogP contribution in [0.5, 0.6) is 0 Å². The SMILES string of the molecule is C[C@@H](C(=O)NCCc1ccc(F)cc1)N1CCN([C@@H]2CCS(=O)(=O)C2)CC1. The predicted octanol–water partition coefficient (Wildman–Crippen LogP) is 0.678. The number of amides is 1. The van der Waals surface area contributed by atoms with Crippen molar-refractivity contribution in [2.75, 3.05) is 44.2 Å². The van der Waals surface area contributed by atoms with Crippen LogP contribution >= 0.6 is 0 Å². The van der Waals surface area contributed by atoms with Crippen LogP contribution in [-0.4, -0.2) is 80.4 Å². The first kappa shape index (κ1) is 20.2. The van der Waals surface area contributed by atoms with Gasteiger partial charge < -0.3 is 5.32 Å². The Balaban J connectivity index is 1.40. The van der Waals surface area contributed by atoms with Crippen LogP contribution in [0.4, 0.5) is 4.39 Å². The normalized spacial score (nSPS) is 24.6. The molecule has 1 aromatic carbocycles. The van der Waals surface area contributed by atoms with Gasteiger partial charge in [-0.25, -0.2) is 12.8 Å². The fraction of sp³-hybridized carbons (Fsp3) is 0.632.